The van der Waals surface area contributed by atoms with Crippen LogP contribution in [0.1, 0.15) is 12.5 Å². The fourth-order valence-corrected chi connectivity index (χ4v) is 4.51. The molecule has 0 amide bonds. The zero-order chi connectivity index (χ0) is 14.4. The minimum Gasteiger partial charge on any atom is -0.327 e. The summed E-state index contributed by atoms with van der Waals surface area (Å²) in [5.41, 5.74) is 1.52. The van der Waals surface area contributed by atoms with Crippen LogP contribution in [0.25, 0.3) is 17.0 Å². The molecule has 0 spiro atoms. The maximum absolute atomic E-state index is 11.7. The Hall–Kier alpha value is -2.22. The summed E-state index contributed by atoms with van der Waals surface area (Å²) in [5, 5.41) is 4.25. The number of sulfone groups is 1. The first kappa shape index (κ1) is 12.5. The van der Waals surface area contributed by atoms with Crippen LogP contribution in [-0.2, 0) is 9.84 Å². The summed E-state index contributed by atoms with van der Waals surface area (Å²) in [6, 6.07) is 1.74. The zero-order valence-electron chi connectivity index (χ0n) is 11.1. The SMILES string of the molecule is O=S1(=O)CCC(n2ccnc2-c2cnn3cccnc23)C1. The van der Waals surface area contributed by atoms with Crippen molar-refractivity contribution in [1.29, 1.82) is 0 Å². The van der Waals surface area contributed by atoms with Crippen molar-refractivity contribution in [2.75, 3.05) is 11.5 Å². The van der Waals surface area contributed by atoms with Gasteiger partial charge in [-0.3, -0.25) is 0 Å². The number of hydrogen-bond donors (Lipinski definition) is 0. The molecule has 4 rings (SSSR count). The second kappa shape index (κ2) is 4.39. The van der Waals surface area contributed by atoms with E-state index in [9.17, 15) is 8.42 Å². The molecule has 21 heavy (non-hydrogen) atoms. The fraction of sp³-hybridized carbons (Fsp3) is 0.308. The molecule has 1 fully saturated rings. The van der Waals surface area contributed by atoms with Crippen molar-refractivity contribution in [3.05, 3.63) is 37.1 Å². The van der Waals surface area contributed by atoms with Gasteiger partial charge < -0.3 is 4.57 Å². The van der Waals surface area contributed by atoms with Gasteiger partial charge in [-0.2, -0.15) is 5.10 Å². The zero-order valence-corrected chi connectivity index (χ0v) is 11.9. The molecule has 1 saturated heterocycles. The third-order valence-corrected chi connectivity index (χ3v) is 5.54. The third-order valence-electron chi connectivity index (χ3n) is 3.79. The van der Waals surface area contributed by atoms with Crippen molar-refractivity contribution in [1.82, 2.24) is 24.1 Å². The quantitative estimate of drug-likeness (QED) is 0.704. The minimum absolute atomic E-state index is 0.0637. The van der Waals surface area contributed by atoms with Crippen LogP contribution in [0.2, 0.25) is 0 Å². The van der Waals surface area contributed by atoms with E-state index < -0.39 is 9.84 Å². The molecule has 4 heterocycles. The van der Waals surface area contributed by atoms with Gasteiger partial charge in [0.15, 0.2) is 15.5 Å². The molecule has 108 valence electrons. The van der Waals surface area contributed by atoms with Crippen LogP contribution < -0.4 is 0 Å². The Labute approximate surface area is 121 Å². The molecule has 8 heteroatoms. The Bertz CT molecular complexity index is 911. The average molecular weight is 303 g/mol. The summed E-state index contributed by atoms with van der Waals surface area (Å²) >= 11 is 0. The van der Waals surface area contributed by atoms with Crippen molar-refractivity contribution in [2.24, 2.45) is 0 Å². The van der Waals surface area contributed by atoms with Gasteiger partial charge in [-0.15, -0.1) is 0 Å². The summed E-state index contributed by atoms with van der Waals surface area (Å²) in [6.07, 6.45) is 9.37. The van der Waals surface area contributed by atoms with E-state index in [1.807, 2.05) is 17.0 Å². The molecule has 3 aromatic rings. The van der Waals surface area contributed by atoms with Crippen molar-refractivity contribution < 1.29 is 8.42 Å². The van der Waals surface area contributed by atoms with Crippen LogP contribution in [0, 0.1) is 0 Å². The van der Waals surface area contributed by atoms with E-state index in [0.717, 1.165) is 5.56 Å². The predicted octanol–water partition coefficient (Wildman–Crippen LogP) is 0.952. The fourth-order valence-electron chi connectivity index (χ4n) is 2.80. The lowest BCUT2D eigenvalue weighted by atomic mass is 10.2. The number of fused-ring (bicyclic) bond motifs is 1. The van der Waals surface area contributed by atoms with Crippen molar-refractivity contribution >= 4 is 15.5 Å². The molecule has 1 atom stereocenters. The van der Waals surface area contributed by atoms with Crippen LogP contribution in [-0.4, -0.2) is 44.1 Å². The molecule has 1 aliphatic heterocycles. The van der Waals surface area contributed by atoms with Gasteiger partial charge >= 0.3 is 0 Å². The van der Waals surface area contributed by atoms with Gasteiger partial charge in [0.05, 0.1) is 29.3 Å². The number of aromatic nitrogens is 5. The Morgan fingerprint density at radius 1 is 1.19 bits per heavy atom. The summed E-state index contributed by atoms with van der Waals surface area (Å²) in [7, 11) is -2.93. The summed E-state index contributed by atoms with van der Waals surface area (Å²) in [6.45, 7) is 0. The highest BCUT2D eigenvalue weighted by molar-refractivity contribution is 7.91. The molecule has 7 nitrogen and oxygen atoms in total. The molecular formula is C13H13N5O2S. The first-order valence-electron chi connectivity index (χ1n) is 6.66. The highest BCUT2D eigenvalue weighted by atomic mass is 32.2. The molecule has 1 aliphatic rings. The smallest absolute Gasteiger partial charge is 0.165 e. The lowest BCUT2D eigenvalue weighted by Gasteiger charge is -2.12. The molecule has 0 aliphatic carbocycles. The largest absolute Gasteiger partial charge is 0.327 e. The van der Waals surface area contributed by atoms with E-state index in [1.165, 1.54) is 0 Å². The summed E-state index contributed by atoms with van der Waals surface area (Å²) in [4.78, 5) is 8.70. The summed E-state index contributed by atoms with van der Waals surface area (Å²) < 4.78 is 27.0. The maximum Gasteiger partial charge on any atom is 0.165 e. The van der Waals surface area contributed by atoms with Gasteiger partial charge in [-0.25, -0.2) is 22.9 Å². The van der Waals surface area contributed by atoms with E-state index in [4.69, 9.17) is 0 Å². The monoisotopic (exact) mass is 303 g/mol. The molecule has 0 saturated carbocycles. The highest BCUT2D eigenvalue weighted by Gasteiger charge is 2.30. The van der Waals surface area contributed by atoms with Gasteiger partial charge in [0, 0.05) is 24.8 Å². The van der Waals surface area contributed by atoms with Crippen LogP contribution in [0.3, 0.4) is 0 Å². The predicted molar refractivity (Wildman–Crippen MR) is 76.5 cm³/mol. The van der Waals surface area contributed by atoms with E-state index in [1.54, 1.807) is 29.2 Å². The minimum atomic E-state index is -2.93. The van der Waals surface area contributed by atoms with Crippen molar-refractivity contribution in [2.45, 2.75) is 12.5 Å². The molecule has 0 bridgehead atoms. The van der Waals surface area contributed by atoms with Crippen molar-refractivity contribution in [3.63, 3.8) is 0 Å². The van der Waals surface area contributed by atoms with Crippen LogP contribution in [0.15, 0.2) is 37.1 Å². The van der Waals surface area contributed by atoms with E-state index in [0.29, 0.717) is 17.9 Å². The van der Waals surface area contributed by atoms with Crippen LogP contribution in [0.4, 0.5) is 0 Å². The Balaban J connectivity index is 1.82. The molecule has 0 radical (unpaired) electrons. The second-order valence-corrected chi connectivity index (χ2v) is 7.39. The van der Waals surface area contributed by atoms with Crippen molar-refractivity contribution in [3.8, 4) is 11.4 Å². The number of hydrogen-bond acceptors (Lipinski definition) is 5. The average Bonchev–Trinajstić information content (AvgIpc) is 3.15. The molecule has 3 aromatic heterocycles. The van der Waals surface area contributed by atoms with Gasteiger partial charge in [-0.1, -0.05) is 0 Å². The maximum atomic E-state index is 11.7. The van der Waals surface area contributed by atoms with E-state index in [2.05, 4.69) is 15.1 Å². The molecular weight excluding hydrogens is 290 g/mol. The molecule has 0 aromatic carbocycles. The number of nitrogens with zero attached hydrogens (tertiary/aromatic N) is 5. The van der Waals surface area contributed by atoms with Crippen LogP contribution in [0.5, 0.6) is 0 Å². The van der Waals surface area contributed by atoms with Crippen LogP contribution >= 0.6 is 0 Å². The second-order valence-electron chi connectivity index (χ2n) is 5.16. The standard InChI is InChI=1S/C13H13N5O2S/c19-21(20)7-2-10(9-21)17-6-4-15-12(17)11-8-16-18-5-1-3-14-13(11)18/h1,3-6,8,10H,2,7,9H2. The van der Waals surface area contributed by atoms with Gasteiger partial charge in [0.2, 0.25) is 0 Å². The first-order chi connectivity index (χ1) is 10.1. The lowest BCUT2D eigenvalue weighted by Crippen LogP contribution is -2.11. The van der Waals surface area contributed by atoms with Gasteiger partial charge in [0.25, 0.3) is 0 Å². The molecule has 1 unspecified atom stereocenters. The van der Waals surface area contributed by atoms with Gasteiger partial charge in [-0.05, 0) is 12.5 Å². The lowest BCUT2D eigenvalue weighted by molar-refractivity contribution is 0.560. The first-order valence-corrected chi connectivity index (χ1v) is 8.48. The van der Waals surface area contributed by atoms with E-state index >= 15 is 0 Å². The number of imidazole rings is 1. The number of rotatable bonds is 2. The summed E-state index contributed by atoms with van der Waals surface area (Å²) in [5.74, 6) is 1.12. The normalized spacial score (nSPS) is 21.0. The highest BCUT2D eigenvalue weighted by Crippen LogP contribution is 2.29. The molecule has 0 N–H and O–H groups in total. The van der Waals surface area contributed by atoms with E-state index in [-0.39, 0.29) is 17.5 Å². The topological polar surface area (TPSA) is 82.1 Å². The third kappa shape index (κ3) is 2.02. The Morgan fingerprint density at radius 3 is 2.90 bits per heavy atom. The Kier molecular flexibility index (Phi) is 2.61. The Morgan fingerprint density at radius 2 is 2.10 bits per heavy atom. The van der Waals surface area contributed by atoms with Gasteiger partial charge in [0.1, 0.15) is 5.82 Å².